The Kier molecular flexibility index (Phi) is 8.34. The summed E-state index contributed by atoms with van der Waals surface area (Å²) in [6.45, 7) is 7.00. The number of carbonyl (C=O) groups excluding carboxylic acids is 1. The number of halogens is 1. The first-order valence-electron chi connectivity index (χ1n) is 13.5. The fourth-order valence-electron chi connectivity index (χ4n) is 5.66. The second-order valence-electron chi connectivity index (χ2n) is 10.3. The van der Waals surface area contributed by atoms with Crippen LogP contribution >= 0.6 is 11.6 Å². The highest BCUT2D eigenvalue weighted by Gasteiger charge is 2.37. The van der Waals surface area contributed by atoms with Crippen LogP contribution in [0.2, 0.25) is 5.02 Å². The van der Waals surface area contributed by atoms with Crippen LogP contribution in [0.15, 0.2) is 79.2 Å². The Morgan fingerprint density at radius 3 is 2.23 bits per heavy atom. The number of allylic oxidation sites excluding steroid dienone is 1. The molecule has 5 rings (SSSR count). The molecule has 0 saturated carbocycles. The number of hydrogen-bond donors (Lipinski definition) is 0. The number of rotatable bonds is 6. The number of ether oxygens (including phenoxy) is 1. The standard InChI is InChI=1S/C32H30ClN5O2/c1-22(40-28-9-2-23(18-34)3-10-28)29-14-17-38(21-30(29)25-5-7-27(33)8-6-25)32(39)26-12-15-37(16-13-26)31-11-4-24(19-35)20-36-31/h2-11,20,26,29-30H,1,12-17,21H2/t29-,30-/m1/s1. The summed E-state index contributed by atoms with van der Waals surface area (Å²) in [5, 5.41) is 18.8. The number of nitrogens with zero attached hydrogens (tertiary/aromatic N) is 5. The van der Waals surface area contributed by atoms with Crippen LogP contribution < -0.4 is 9.64 Å². The highest BCUT2D eigenvalue weighted by Crippen LogP contribution is 2.39. The number of benzene rings is 2. The average molecular weight is 552 g/mol. The summed E-state index contributed by atoms with van der Waals surface area (Å²) in [6, 6.07) is 22.7. The number of likely N-dealkylation sites (tertiary alicyclic amines) is 1. The molecule has 1 amide bonds. The number of carbonyl (C=O) groups is 1. The van der Waals surface area contributed by atoms with Gasteiger partial charge in [0, 0.05) is 55.2 Å². The van der Waals surface area contributed by atoms with E-state index in [-0.39, 0.29) is 23.7 Å². The number of aromatic nitrogens is 1. The molecule has 3 aromatic rings. The summed E-state index contributed by atoms with van der Waals surface area (Å²) in [4.78, 5) is 22.3. The van der Waals surface area contributed by atoms with Crippen LogP contribution in [0.3, 0.4) is 0 Å². The molecule has 0 unspecified atom stereocenters. The lowest BCUT2D eigenvalue weighted by Crippen LogP contribution is -2.48. The van der Waals surface area contributed by atoms with Crippen molar-refractivity contribution in [2.45, 2.75) is 25.2 Å². The van der Waals surface area contributed by atoms with E-state index in [0.717, 1.165) is 43.7 Å². The minimum atomic E-state index is -0.0323. The molecule has 3 heterocycles. The Labute approximate surface area is 239 Å². The highest BCUT2D eigenvalue weighted by atomic mass is 35.5. The summed E-state index contributed by atoms with van der Waals surface area (Å²) >= 11 is 6.18. The molecule has 40 heavy (non-hydrogen) atoms. The third kappa shape index (κ3) is 6.11. The molecule has 2 aliphatic rings. The summed E-state index contributed by atoms with van der Waals surface area (Å²) in [6.07, 6.45) is 3.86. The van der Waals surface area contributed by atoms with E-state index in [9.17, 15) is 4.79 Å². The Bertz CT molecular complexity index is 1430. The summed E-state index contributed by atoms with van der Waals surface area (Å²) in [5.41, 5.74) is 2.21. The zero-order valence-corrected chi connectivity index (χ0v) is 22.9. The molecule has 0 radical (unpaired) electrons. The minimum Gasteiger partial charge on any atom is -0.462 e. The Morgan fingerprint density at radius 2 is 1.60 bits per heavy atom. The molecule has 7 nitrogen and oxygen atoms in total. The monoisotopic (exact) mass is 551 g/mol. The van der Waals surface area contributed by atoms with Gasteiger partial charge in [-0.05, 0) is 73.4 Å². The van der Waals surface area contributed by atoms with E-state index in [1.807, 2.05) is 35.2 Å². The number of amides is 1. The topological polar surface area (TPSA) is 93.2 Å². The molecule has 0 N–H and O–H groups in total. The normalized spacial score (nSPS) is 19.4. The number of pyridine rings is 1. The zero-order valence-electron chi connectivity index (χ0n) is 22.2. The number of piperidine rings is 2. The number of hydrogen-bond acceptors (Lipinski definition) is 6. The Hall–Kier alpha value is -4.33. The first-order chi connectivity index (χ1) is 19.4. The second kappa shape index (κ2) is 12.2. The van der Waals surface area contributed by atoms with E-state index < -0.39 is 0 Å². The van der Waals surface area contributed by atoms with Gasteiger partial charge in [0.2, 0.25) is 5.91 Å². The molecule has 0 aliphatic carbocycles. The molecule has 2 atom stereocenters. The number of anilines is 1. The Balaban J connectivity index is 1.26. The van der Waals surface area contributed by atoms with E-state index in [4.69, 9.17) is 26.9 Å². The molecule has 2 aliphatic heterocycles. The van der Waals surface area contributed by atoms with Crippen molar-refractivity contribution in [2.75, 3.05) is 31.1 Å². The number of nitriles is 2. The van der Waals surface area contributed by atoms with Gasteiger partial charge in [0.15, 0.2) is 0 Å². The van der Waals surface area contributed by atoms with Crippen molar-refractivity contribution < 1.29 is 9.53 Å². The smallest absolute Gasteiger partial charge is 0.225 e. The van der Waals surface area contributed by atoms with Crippen LogP contribution in [0.5, 0.6) is 5.75 Å². The van der Waals surface area contributed by atoms with Gasteiger partial charge in [-0.3, -0.25) is 4.79 Å². The molecule has 2 saturated heterocycles. The van der Waals surface area contributed by atoms with Gasteiger partial charge in [0.25, 0.3) is 0 Å². The lowest BCUT2D eigenvalue weighted by Gasteiger charge is -2.42. The van der Waals surface area contributed by atoms with Gasteiger partial charge < -0.3 is 14.5 Å². The van der Waals surface area contributed by atoms with Crippen molar-refractivity contribution in [3.63, 3.8) is 0 Å². The van der Waals surface area contributed by atoms with Gasteiger partial charge in [0.1, 0.15) is 23.4 Å². The van der Waals surface area contributed by atoms with Gasteiger partial charge >= 0.3 is 0 Å². The SMILES string of the molecule is C=C(Oc1ccc(C#N)cc1)[C@H]1CCN(C(=O)C2CCN(c3ccc(C#N)cn3)CC2)C[C@@H]1c1ccc(Cl)cc1. The third-order valence-electron chi connectivity index (χ3n) is 7.91. The van der Waals surface area contributed by atoms with Gasteiger partial charge in [0.05, 0.1) is 17.2 Å². The fraction of sp³-hybridized carbons (Fsp3) is 0.312. The first kappa shape index (κ1) is 27.2. The van der Waals surface area contributed by atoms with Crippen molar-refractivity contribution in [3.8, 4) is 17.9 Å². The van der Waals surface area contributed by atoms with Gasteiger partial charge in [-0.25, -0.2) is 4.98 Å². The maximum absolute atomic E-state index is 13.7. The molecule has 202 valence electrons. The van der Waals surface area contributed by atoms with Crippen molar-refractivity contribution in [2.24, 2.45) is 11.8 Å². The molecule has 0 spiro atoms. The van der Waals surface area contributed by atoms with Crippen LogP contribution in [0.25, 0.3) is 0 Å². The second-order valence-corrected chi connectivity index (χ2v) is 10.8. The lowest BCUT2D eigenvalue weighted by molar-refractivity contribution is -0.138. The van der Waals surface area contributed by atoms with Crippen molar-refractivity contribution in [1.29, 1.82) is 10.5 Å². The van der Waals surface area contributed by atoms with Gasteiger partial charge in [-0.2, -0.15) is 10.5 Å². The predicted molar refractivity (Wildman–Crippen MR) is 154 cm³/mol. The summed E-state index contributed by atoms with van der Waals surface area (Å²) in [5.74, 6) is 2.34. The molecule has 2 aromatic carbocycles. The van der Waals surface area contributed by atoms with Crippen molar-refractivity contribution in [3.05, 3.63) is 101 Å². The molecular formula is C32H30ClN5O2. The molecule has 0 bridgehead atoms. The van der Waals surface area contributed by atoms with Crippen molar-refractivity contribution in [1.82, 2.24) is 9.88 Å². The molecular weight excluding hydrogens is 522 g/mol. The Morgan fingerprint density at radius 1 is 0.925 bits per heavy atom. The lowest BCUT2D eigenvalue weighted by atomic mass is 9.79. The van der Waals surface area contributed by atoms with Gasteiger partial charge in [-0.15, -0.1) is 0 Å². The van der Waals surface area contributed by atoms with E-state index >= 15 is 0 Å². The zero-order chi connectivity index (χ0) is 28.1. The minimum absolute atomic E-state index is 0.0174. The molecule has 1 aromatic heterocycles. The molecule has 2 fully saturated rings. The summed E-state index contributed by atoms with van der Waals surface area (Å²) in [7, 11) is 0. The fourth-order valence-corrected chi connectivity index (χ4v) is 5.79. The average Bonchev–Trinajstić information content (AvgIpc) is 3.01. The van der Waals surface area contributed by atoms with Crippen LogP contribution in [-0.2, 0) is 4.79 Å². The molecule has 8 heteroatoms. The van der Waals surface area contributed by atoms with E-state index in [1.54, 1.807) is 36.5 Å². The maximum Gasteiger partial charge on any atom is 0.225 e. The van der Waals surface area contributed by atoms with Crippen LogP contribution in [0.1, 0.15) is 41.9 Å². The van der Waals surface area contributed by atoms with E-state index in [1.165, 1.54) is 0 Å². The first-order valence-corrected chi connectivity index (χ1v) is 13.8. The van der Waals surface area contributed by atoms with E-state index in [0.29, 0.717) is 40.7 Å². The third-order valence-corrected chi connectivity index (χ3v) is 8.17. The van der Waals surface area contributed by atoms with E-state index in [2.05, 4.69) is 28.6 Å². The summed E-state index contributed by atoms with van der Waals surface area (Å²) < 4.78 is 6.15. The van der Waals surface area contributed by atoms with Crippen LogP contribution in [0, 0.1) is 34.5 Å². The predicted octanol–water partition coefficient (Wildman–Crippen LogP) is 5.92. The van der Waals surface area contributed by atoms with Crippen LogP contribution in [0.4, 0.5) is 5.82 Å². The highest BCUT2D eigenvalue weighted by molar-refractivity contribution is 6.30. The van der Waals surface area contributed by atoms with Crippen LogP contribution in [-0.4, -0.2) is 42.0 Å². The maximum atomic E-state index is 13.7. The largest absolute Gasteiger partial charge is 0.462 e. The quantitative estimate of drug-likeness (QED) is 0.353. The van der Waals surface area contributed by atoms with Gasteiger partial charge in [-0.1, -0.05) is 30.3 Å². The van der Waals surface area contributed by atoms with Crippen molar-refractivity contribution >= 4 is 23.3 Å².